The van der Waals surface area contributed by atoms with Crippen molar-refractivity contribution in [3.8, 4) is 16.3 Å². The SMILES string of the molecule is CCCCC1COC(=O)N1C1CCN(C(=O)c2csc(-c3ccc4c(c3)CCO4)n2)CC1. The normalized spacial score (nSPS) is 20.9. The molecule has 0 N–H and O–H groups in total. The van der Waals surface area contributed by atoms with Gasteiger partial charge in [-0.05, 0) is 43.0 Å². The molecule has 1 atom stereocenters. The molecule has 2 amide bonds. The number of hydrogen-bond acceptors (Lipinski definition) is 6. The van der Waals surface area contributed by atoms with Gasteiger partial charge in [0, 0.05) is 36.5 Å². The monoisotopic (exact) mass is 455 g/mol. The Balaban J connectivity index is 1.21. The predicted molar refractivity (Wildman–Crippen MR) is 122 cm³/mol. The van der Waals surface area contributed by atoms with E-state index < -0.39 is 0 Å². The highest BCUT2D eigenvalue weighted by Crippen LogP contribution is 2.32. The second-order valence-electron chi connectivity index (χ2n) is 8.76. The number of carbonyl (C=O) groups excluding carboxylic acids is 2. The largest absolute Gasteiger partial charge is 0.493 e. The van der Waals surface area contributed by atoms with Crippen LogP contribution in [0.2, 0.25) is 0 Å². The van der Waals surface area contributed by atoms with Gasteiger partial charge in [-0.25, -0.2) is 9.78 Å². The first kappa shape index (κ1) is 21.2. The van der Waals surface area contributed by atoms with Crippen molar-refractivity contribution in [1.29, 1.82) is 0 Å². The molecule has 0 aliphatic carbocycles. The van der Waals surface area contributed by atoms with Gasteiger partial charge in [-0.3, -0.25) is 9.69 Å². The van der Waals surface area contributed by atoms with Crippen molar-refractivity contribution in [2.45, 2.75) is 57.5 Å². The van der Waals surface area contributed by atoms with Crippen LogP contribution < -0.4 is 4.74 Å². The molecule has 7 nitrogen and oxygen atoms in total. The van der Waals surface area contributed by atoms with E-state index >= 15 is 0 Å². The third-order valence-corrected chi connectivity index (χ3v) is 7.59. The molecule has 0 saturated carbocycles. The van der Waals surface area contributed by atoms with E-state index in [1.54, 1.807) is 0 Å². The van der Waals surface area contributed by atoms with Crippen LogP contribution in [-0.2, 0) is 11.2 Å². The highest BCUT2D eigenvalue weighted by Gasteiger charge is 2.39. The van der Waals surface area contributed by atoms with E-state index in [9.17, 15) is 9.59 Å². The summed E-state index contributed by atoms with van der Waals surface area (Å²) in [5, 5.41) is 2.71. The van der Waals surface area contributed by atoms with E-state index in [-0.39, 0.29) is 24.1 Å². The first-order valence-electron chi connectivity index (χ1n) is 11.6. The maximum atomic E-state index is 13.1. The highest BCUT2D eigenvalue weighted by molar-refractivity contribution is 7.13. The summed E-state index contributed by atoms with van der Waals surface area (Å²) < 4.78 is 10.9. The summed E-state index contributed by atoms with van der Waals surface area (Å²) in [6.07, 6.45) is 5.48. The minimum atomic E-state index is -0.195. The molecule has 2 aromatic rings. The minimum absolute atomic E-state index is 0.0259. The lowest BCUT2D eigenvalue weighted by molar-refractivity contribution is 0.0629. The molecule has 0 bridgehead atoms. The average Bonchev–Trinajstić information content (AvgIpc) is 3.56. The van der Waals surface area contributed by atoms with Crippen LogP contribution >= 0.6 is 11.3 Å². The van der Waals surface area contributed by atoms with Gasteiger partial charge < -0.3 is 14.4 Å². The molecule has 0 spiro atoms. The van der Waals surface area contributed by atoms with Crippen molar-refractivity contribution in [1.82, 2.24) is 14.8 Å². The fourth-order valence-electron chi connectivity index (χ4n) is 4.91. The lowest BCUT2D eigenvalue weighted by Gasteiger charge is -2.37. The van der Waals surface area contributed by atoms with Crippen molar-refractivity contribution in [2.24, 2.45) is 0 Å². The minimum Gasteiger partial charge on any atom is -0.493 e. The van der Waals surface area contributed by atoms with Crippen molar-refractivity contribution in [3.63, 3.8) is 0 Å². The third-order valence-electron chi connectivity index (χ3n) is 6.70. The number of piperidine rings is 1. The zero-order chi connectivity index (χ0) is 22.1. The molecule has 1 aromatic carbocycles. The number of carbonyl (C=O) groups is 2. The van der Waals surface area contributed by atoms with Crippen LogP contribution in [0.1, 0.15) is 55.1 Å². The summed E-state index contributed by atoms with van der Waals surface area (Å²) in [5.74, 6) is 0.922. The standard InChI is InChI=1S/C24H29N3O4S/c1-2-3-4-19-14-31-24(29)27(19)18-7-10-26(11-8-18)23(28)20-15-32-22(25-20)17-5-6-21-16(13-17)9-12-30-21/h5-6,13,15,18-19H,2-4,7-12,14H2,1H3. The van der Waals surface area contributed by atoms with Crippen molar-refractivity contribution < 1.29 is 19.1 Å². The molecule has 0 radical (unpaired) electrons. The maximum Gasteiger partial charge on any atom is 0.410 e. The fraction of sp³-hybridized carbons (Fsp3) is 0.542. The van der Waals surface area contributed by atoms with Crippen molar-refractivity contribution in [2.75, 3.05) is 26.3 Å². The van der Waals surface area contributed by atoms with E-state index in [0.717, 1.165) is 61.5 Å². The smallest absolute Gasteiger partial charge is 0.410 e. The zero-order valence-electron chi connectivity index (χ0n) is 18.4. The summed E-state index contributed by atoms with van der Waals surface area (Å²) in [6, 6.07) is 6.43. The van der Waals surface area contributed by atoms with E-state index in [4.69, 9.17) is 9.47 Å². The molecule has 1 aromatic heterocycles. The number of hydrogen-bond donors (Lipinski definition) is 0. The molecule has 170 valence electrons. The Bertz CT molecular complexity index is 999. The third kappa shape index (κ3) is 4.08. The van der Waals surface area contributed by atoms with Gasteiger partial charge in [0.05, 0.1) is 12.6 Å². The number of fused-ring (bicyclic) bond motifs is 1. The Hall–Kier alpha value is -2.61. The van der Waals surface area contributed by atoms with Gasteiger partial charge in [-0.1, -0.05) is 19.8 Å². The number of unbranched alkanes of at least 4 members (excludes halogenated alkanes) is 1. The molecular formula is C24H29N3O4S. The molecule has 2 fully saturated rings. The zero-order valence-corrected chi connectivity index (χ0v) is 19.2. The van der Waals surface area contributed by atoms with E-state index in [1.807, 2.05) is 27.3 Å². The number of amides is 2. The predicted octanol–water partition coefficient (Wildman–Crippen LogP) is 4.36. The Morgan fingerprint density at radius 3 is 2.91 bits per heavy atom. The number of benzene rings is 1. The summed E-state index contributed by atoms with van der Waals surface area (Å²) >= 11 is 1.50. The van der Waals surface area contributed by atoms with Crippen LogP contribution in [0.4, 0.5) is 4.79 Å². The lowest BCUT2D eigenvalue weighted by Crippen LogP contribution is -2.49. The number of ether oxygens (including phenoxy) is 2. The van der Waals surface area contributed by atoms with Gasteiger partial charge in [-0.15, -0.1) is 11.3 Å². The number of rotatable bonds is 6. The van der Waals surface area contributed by atoms with Gasteiger partial charge in [0.15, 0.2) is 0 Å². The lowest BCUT2D eigenvalue weighted by atomic mass is 10.00. The van der Waals surface area contributed by atoms with Gasteiger partial charge in [0.1, 0.15) is 23.1 Å². The van der Waals surface area contributed by atoms with Crippen LogP contribution in [0, 0.1) is 0 Å². The van der Waals surface area contributed by atoms with Gasteiger partial charge in [0.2, 0.25) is 0 Å². The quantitative estimate of drug-likeness (QED) is 0.647. The second-order valence-corrected chi connectivity index (χ2v) is 9.62. The Labute approximate surface area is 192 Å². The molecule has 2 saturated heterocycles. The van der Waals surface area contributed by atoms with Gasteiger partial charge in [0.25, 0.3) is 5.91 Å². The second kappa shape index (κ2) is 9.10. The van der Waals surface area contributed by atoms with Crippen LogP contribution in [0.25, 0.3) is 10.6 Å². The van der Waals surface area contributed by atoms with E-state index in [0.29, 0.717) is 25.4 Å². The Morgan fingerprint density at radius 2 is 2.09 bits per heavy atom. The molecule has 5 rings (SSSR count). The van der Waals surface area contributed by atoms with Gasteiger partial charge in [-0.2, -0.15) is 0 Å². The van der Waals surface area contributed by atoms with Crippen LogP contribution in [0.3, 0.4) is 0 Å². The van der Waals surface area contributed by atoms with Crippen LogP contribution in [-0.4, -0.2) is 65.2 Å². The maximum absolute atomic E-state index is 13.1. The molecule has 32 heavy (non-hydrogen) atoms. The number of cyclic esters (lactones) is 1. The topological polar surface area (TPSA) is 72.0 Å². The highest BCUT2D eigenvalue weighted by atomic mass is 32.1. The summed E-state index contributed by atoms with van der Waals surface area (Å²) in [7, 11) is 0. The van der Waals surface area contributed by atoms with Crippen molar-refractivity contribution >= 4 is 23.3 Å². The molecule has 4 heterocycles. The first-order chi connectivity index (χ1) is 15.6. The molecule has 1 unspecified atom stereocenters. The first-order valence-corrected chi connectivity index (χ1v) is 12.5. The molecule has 3 aliphatic heterocycles. The Kier molecular flexibility index (Phi) is 6.04. The Morgan fingerprint density at radius 1 is 1.25 bits per heavy atom. The van der Waals surface area contributed by atoms with Crippen molar-refractivity contribution in [3.05, 3.63) is 34.8 Å². The summed E-state index contributed by atoms with van der Waals surface area (Å²) in [4.78, 5) is 33.8. The average molecular weight is 456 g/mol. The number of thiazole rings is 1. The summed E-state index contributed by atoms with van der Waals surface area (Å²) in [5.41, 5.74) is 2.73. The van der Waals surface area contributed by atoms with E-state index in [2.05, 4.69) is 18.0 Å². The molecule has 8 heteroatoms. The van der Waals surface area contributed by atoms with E-state index in [1.165, 1.54) is 16.9 Å². The van der Waals surface area contributed by atoms with Crippen LogP contribution in [0.15, 0.2) is 23.6 Å². The summed E-state index contributed by atoms with van der Waals surface area (Å²) in [6.45, 7) is 4.65. The number of aromatic nitrogens is 1. The molecule has 3 aliphatic rings. The molecular weight excluding hydrogens is 426 g/mol. The fourth-order valence-corrected chi connectivity index (χ4v) is 5.70. The van der Waals surface area contributed by atoms with Gasteiger partial charge >= 0.3 is 6.09 Å². The number of likely N-dealkylation sites (tertiary alicyclic amines) is 1. The van der Waals surface area contributed by atoms with Crippen LogP contribution in [0.5, 0.6) is 5.75 Å². The number of nitrogens with zero attached hydrogens (tertiary/aromatic N) is 3.